The summed E-state index contributed by atoms with van der Waals surface area (Å²) in [4.78, 5) is 16.4. The fraction of sp³-hybridized carbons (Fsp3) is 0.200. The van der Waals surface area contributed by atoms with Crippen LogP contribution in [0.15, 0.2) is 48.7 Å². The van der Waals surface area contributed by atoms with Crippen LogP contribution in [0.1, 0.15) is 18.2 Å². The maximum Gasteiger partial charge on any atom is 0.248 e. The Kier molecular flexibility index (Phi) is 3.62. The molecule has 0 aliphatic heterocycles. The first kappa shape index (κ1) is 13.2. The molecule has 0 bridgehead atoms. The van der Waals surface area contributed by atoms with Crippen molar-refractivity contribution in [2.75, 3.05) is 5.32 Å². The summed E-state index contributed by atoms with van der Waals surface area (Å²) in [5.74, 6) is -0.246. The number of nitrogens with two attached hydrogens (primary N) is 1. The molecule has 3 N–H and O–H groups in total. The van der Waals surface area contributed by atoms with Crippen LogP contribution < -0.4 is 11.1 Å². The third-order valence-corrected chi connectivity index (χ3v) is 3.00. The van der Waals surface area contributed by atoms with Gasteiger partial charge in [0.05, 0.1) is 0 Å². The molecule has 0 fully saturated rings. The van der Waals surface area contributed by atoms with Crippen LogP contribution >= 0.6 is 0 Å². The lowest BCUT2D eigenvalue weighted by Crippen LogP contribution is -2.45. The molecule has 0 saturated heterocycles. The van der Waals surface area contributed by atoms with Gasteiger partial charge in [-0.15, -0.1) is 0 Å². The van der Waals surface area contributed by atoms with E-state index in [9.17, 15) is 4.79 Å². The lowest BCUT2D eigenvalue weighted by molar-refractivity contribution is -0.120. The van der Waals surface area contributed by atoms with Crippen molar-refractivity contribution in [2.24, 2.45) is 5.73 Å². The van der Waals surface area contributed by atoms with Crippen molar-refractivity contribution in [3.8, 4) is 0 Å². The molecule has 2 aromatic rings. The molecule has 1 aromatic carbocycles. The summed E-state index contributed by atoms with van der Waals surface area (Å²) in [7, 11) is 0. The van der Waals surface area contributed by atoms with Gasteiger partial charge in [-0.25, -0.2) is 0 Å². The highest BCUT2D eigenvalue weighted by atomic mass is 16.2. The van der Waals surface area contributed by atoms with Crippen molar-refractivity contribution in [2.45, 2.75) is 19.4 Å². The van der Waals surface area contributed by atoms with Crippen molar-refractivity contribution < 1.29 is 4.79 Å². The predicted molar refractivity (Wildman–Crippen MR) is 75.6 cm³/mol. The standard InChI is InChI=1S/C15H17N3O/c1-11-10-13(8-9-17-11)18-14(19)15(2,16)12-6-4-3-5-7-12/h3-10H,16H2,1-2H3,(H,17,18,19). The molecule has 1 unspecified atom stereocenters. The fourth-order valence-electron chi connectivity index (χ4n) is 1.80. The van der Waals surface area contributed by atoms with E-state index in [0.29, 0.717) is 5.69 Å². The second-order valence-electron chi connectivity index (χ2n) is 4.71. The Morgan fingerprint density at radius 3 is 2.58 bits per heavy atom. The van der Waals surface area contributed by atoms with Gasteiger partial charge >= 0.3 is 0 Å². The smallest absolute Gasteiger partial charge is 0.248 e. The molecular formula is C15H17N3O. The zero-order valence-electron chi connectivity index (χ0n) is 11.1. The number of carbonyl (C=O) groups excluding carboxylic acids is 1. The van der Waals surface area contributed by atoms with Crippen molar-refractivity contribution in [3.05, 3.63) is 59.9 Å². The zero-order chi connectivity index (χ0) is 13.9. The summed E-state index contributed by atoms with van der Waals surface area (Å²) < 4.78 is 0. The highest BCUT2D eigenvalue weighted by molar-refractivity contribution is 5.98. The maximum absolute atomic E-state index is 12.3. The molecule has 0 spiro atoms. The maximum atomic E-state index is 12.3. The molecule has 0 aliphatic rings. The molecule has 2 rings (SSSR count). The van der Waals surface area contributed by atoms with Crippen LogP contribution in [0.4, 0.5) is 5.69 Å². The Morgan fingerprint density at radius 1 is 1.26 bits per heavy atom. The van der Waals surface area contributed by atoms with Gasteiger partial charge in [-0.2, -0.15) is 0 Å². The van der Waals surface area contributed by atoms with E-state index in [1.807, 2.05) is 37.3 Å². The molecule has 19 heavy (non-hydrogen) atoms. The normalized spacial score (nSPS) is 13.6. The number of pyridine rings is 1. The first-order valence-electron chi connectivity index (χ1n) is 6.08. The number of aromatic nitrogens is 1. The summed E-state index contributed by atoms with van der Waals surface area (Å²) in [5.41, 5.74) is 7.39. The van der Waals surface area contributed by atoms with E-state index in [-0.39, 0.29) is 5.91 Å². The van der Waals surface area contributed by atoms with E-state index in [1.54, 1.807) is 25.3 Å². The molecule has 1 amide bonds. The molecule has 1 atom stereocenters. The van der Waals surface area contributed by atoms with Crippen LogP contribution in [0.5, 0.6) is 0 Å². The lowest BCUT2D eigenvalue weighted by Gasteiger charge is -2.24. The fourth-order valence-corrected chi connectivity index (χ4v) is 1.80. The number of aryl methyl sites for hydroxylation is 1. The number of anilines is 1. The van der Waals surface area contributed by atoms with Crippen LogP contribution in [-0.2, 0) is 10.3 Å². The number of nitrogens with zero attached hydrogens (tertiary/aromatic N) is 1. The highest BCUT2D eigenvalue weighted by Crippen LogP contribution is 2.20. The van der Waals surface area contributed by atoms with Crippen LogP contribution in [0.25, 0.3) is 0 Å². The van der Waals surface area contributed by atoms with Crippen LogP contribution in [0.2, 0.25) is 0 Å². The molecular weight excluding hydrogens is 238 g/mol. The molecule has 0 aliphatic carbocycles. The van der Waals surface area contributed by atoms with E-state index in [4.69, 9.17) is 5.73 Å². The van der Waals surface area contributed by atoms with Gasteiger partial charge in [0.2, 0.25) is 5.91 Å². The minimum Gasteiger partial charge on any atom is -0.324 e. The first-order chi connectivity index (χ1) is 9.00. The number of amides is 1. The van der Waals surface area contributed by atoms with Gasteiger partial charge in [-0.05, 0) is 31.5 Å². The van der Waals surface area contributed by atoms with Gasteiger partial charge < -0.3 is 11.1 Å². The van der Waals surface area contributed by atoms with Crippen molar-refractivity contribution in [1.29, 1.82) is 0 Å². The number of nitrogens with one attached hydrogen (secondary N) is 1. The van der Waals surface area contributed by atoms with Crippen LogP contribution in [0, 0.1) is 6.92 Å². The van der Waals surface area contributed by atoms with E-state index in [0.717, 1.165) is 11.3 Å². The molecule has 1 aromatic heterocycles. The third kappa shape index (κ3) is 2.98. The second-order valence-corrected chi connectivity index (χ2v) is 4.71. The molecule has 4 nitrogen and oxygen atoms in total. The summed E-state index contributed by atoms with van der Waals surface area (Å²) in [6.07, 6.45) is 1.65. The van der Waals surface area contributed by atoms with Gasteiger partial charge in [-0.3, -0.25) is 9.78 Å². The van der Waals surface area contributed by atoms with Gasteiger partial charge in [-0.1, -0.05) is 30.3 Å². The van der Waals surface area contributed by atoms with Crippen molar-refractivity contribution in [3.63, 3.8) is 0 Å². The SMILES string of the molecule is Cc1cc(NC(=O)C(C)(N)c2ccccc2)ccn1. The minimum atomic E-state index is -1.07. The predicted octanol–water partition coefficient (Wildman–Crippen LogP) is 2.20. The van der Waals surface area contributed by atoms with Gasteiger partial charge in [0, 0.05) is 17.6 Å². The summed E-state index contributed by atoms with van der Waals surface area (Å²) in [6, 6.07) is 12.9. The van der Waals surface area contributed by atoms with Gasteiger partial charge in [0.25, 0.3) is 0 Å². The average Bonchev–Trinajstić information content (AvgIpc) is 2.39. The molecule has 4 heteroatoms. The molecule has 0 saturated carbocycles. The third-order valence-electron chi connectivity index (χ3n) is 3.00. The van der Waals surface area contributed by atoms with Gasteiger partial charge in [0.1, 0.15) is 5.54 Å². The summed E-state index contributed by atoms with van der Waals surface area (Å²) >= 11 is 0. The number of rotatable bonds is 3. The second kappa shape index (κ2) is 5.20. The minimum absolute atomic E-state index is 0.246. The number of hydrogen-bond acceptors (Lipinski definition) is 3. The monoisotopic (exact) mass is 255 g/mol. The summed E-state index contributed by atoms with van der Waals surface area (Å²) in [5, 5.41) is 2.82. The topological polar surface area (TPSA) is 68.0 Å². The van der Waals surface area contributed by atoms with Crippen molar-refractivity contribution >= 4 is 11.6 Å². The Labute approximate surface area is 112 Å². The highest BCUT2D eigenvalue weighted by Gasteiger charge is 2.30. The van der Waals surface area contributed by atoms with Crippen LogP contribution in [0.3, 0.4) is 0 Å². The van der Waals surface area contributed by atoms with E-state index >= 15 is 0 Å². The number of benzene rings is 1. The van der Waals surface area contributed by atoms with Crippen molar-refractivity contribution in [1.82, 2.24) is 4.98 Å². The van der Waals surface area contributed by atoms with E-state index in [2.05, 4.69) is 10.3 Å². The van der Waals surface area contributed by atoms with Gasteiger partial charge in [0.15, 0.2) is 0 Å². The Morgan fingerprint density at radius 2 is 1.95 bits per heavy atom. The number of hydrogen-bond donors (Lipinski definition) is 2. The Hall–Kier alpha value is -2.20. The molecule has 0 radical (unpaired) electrons. The number of carbonyl (C=O) groups is 1. The van der Waals surface area contributed by atoms with E-state index in [1.165, 1.54) is 0 Å². The lowest BCUT2D eigenvalue weighted by atomic mass is 9.92. The summed E-state index contributed by atoms with van der Waals surface area (Å²) in [6.45, 7) is 3.57. The van der Waals surface area contributed by atoms with E-state index < -0.39 is 5.54 Å². The molecule has 1 heterocycles. The largest absolute Gasteiger partial charge is 0.324 e. The first-order valence-corrected chi connectivity index (χ1v) is 6.08. The quantitative estimate of drug-likeness (QED) is 0.883. The molecule has 98 valence electrons. The average molecular weight is 255 g/mol. The van der Waals surface area contributed by atoms with Crippen LogP contribution in [-0.4, -0.2) is 10.9 Å². The Bertz CT molecular complexity index is 579. The zero-order valence-corrected chi connectivity index (χ0v) is 11.1. The Balaban J connectivity index is 2.20.